The van der Waals surface area contributed by atoms with E-state index in [0.717, 1.165) is 24.9 Å². The van der Waals surface area contributed by atoms with Crippen LogP contribution in [0.3, 0.4) is 0 Å². The molecule has 4 aliphatic rings. The minimum Gasteiger partial charge on any atom is -0.508 e. The second-order valence-corrected chi connectivity index (χ2v) is 7.14. The first-order valence-electron chi connectivity index (χ1n) is 7.79. The van der Waals surface area contributed by atoms with E-state index in [1.807, 2.05) is 17.0 Å². The van der Waals surface area contributed by atoms with Gasteiger partial charge >= 0.3 is 5.97 Å². The van der Waals surface area contributed by atoms with Crippen molar-refractivity contribution in [1.82, 2.24) is 4.90 Å². The zero-order valence-electron chi connectivity index (χ0n) is 12.3. The number of aliphatic carboxylic acids is 1. The summed E-state index contributed by atoms with van der Waals surface area (Å²) in [5, 5.41) is 18.6. The maximum atomic E-state index is 12.9. The lowest BCUT2D eigenvalue weighted by molar-refractivity contribution is -0.226. The summed E-state index contributed by atoms with van der Waals surface area (Å²) in [6, 6.07) is 7.09. The molecule has 1 heterocycles. The maximum absolute atomic E-state index is 12.9. The summed E-state index contributed by atoms with van der Waals surface area (Å²) in [4.78, 5) is 26.0. The molecule has 0 radical (unpaired) electrons. The van der Waals surface area contributed by atoms with Gasteiger partial charge in [0, 0.05) is 6.54 Å². The SMILES string of the molecule is O=C(O)C12CC(C(=O)N3CCCC3c3ccc(O)cc3)(C1)C2. The summed E-state index contributed by atoms with van der Waals surface area (Å²) in [5.74, 6) is -0.396. The van der Waals surface area contributed by atoms with Gasteiger partial charge in [0.2, 0.25) is 5.91 Å². The van der Waals surface area contributed by atoms with Crippen molar-refractivity contribution in [2.45, 2.75) is 38.1 Å². The fourth-order valence-electron chi connectivity index (χ4n) is 4.60. The van der Waals surface area contributed by atoms with E-state index in [9.17, 15) is 19.8 Å². The van der Waals surface area contributed by atoms with Crippen molar-refractivity contribution < 1.29 is 19.8 Å². The number of aromatic hydroxyl groups is 1. The Balaban J connectivity index is 1.52. The minimum absolute atomic E-state index is 0.0582. The number of carboxylic acids is 1. The van der Waals surface area contributed by atoms with Gasteiger partial charge in [0.25, 0.3) is 0 Å². The number of carboxylic acid groups (broad SMARTS) is 1. The number of hydrogen-bond acceptors (Lipinski definition) is 3. The van der Waals surface area contributed by atoms with Crippen molar-refractivity contribution in [3.63, 3.8) is 0 Å². The Hall–Kier alpha value is -2.04. The van der Waals surface area contributed by atoms with E-state index >= 15 is 0 Å². The molecule has 0 spiro atoms. The number of phenolic OH excluding ortho intramolecular Hbond substituents is 1. The van der Waals surface area contributed by atoms with Crippen LogP contribution in [0.1, 0.15) is 43.7 Å². The molecule has 1 amide bonds. The van der Waals surface area contributed by atoms with E-state index in [2.05, 4.69) is 0 Å². The molecule has 1 aromatic rings. The first-order chi connectivity index (χ1) is 10.5. The highest BCUT2D eigenvalue weighted by atomic mass is 16.4. The minimum atomic E-state index is -0.751. The van der Waals surface area contributed by atoms with Crippen LogP contribution in [-0.4, -0.2) is 33.5 Å². The number of likely N-dealkylation sites (tertiary alicyclic amines) is 1. The number of nitrogens with zero attached hydrogens (tertiary/aromatic N) is 1. The molecule has 1 aliphatic heterocycles. The first-order valence-corrected chi connectivity index (χ1v) is 7.79. The molecule has 1 atom stereocenters. The molecule has 3 aliphatic carbocycles. The van der Waals surface area contributed by atoms with Crippen LogP contribution in [0.2, 0.25) is 0 Å². The van der Waals surface area contributed by atoms with Crippen LogP contribution in [0.5, 0.6) is 5.75 Å². The maximum Gasteiger partial charge on any atom is 0.309 e. The van der Waals surface area contributed by atoms with E-state index < -0.39 is 16.8 Å². The molecule has 1 unspecified atom stereocenters. The number of carbonyl (C=O) groups is 2. The van der Waals surface area contributed by atoms with Crippen LogP contribution in [0.25, 0.3) is 0 Å². The summed E-state index contributed by atoms with van der Waals surface area (Å²) in [7, 11) is 0. The molecular weight excluding hydrogens is 282 g/mol. The molecule has 116 valence electrons. The topological polar surface area (TPSA) is 77.8 Å². The van der Waals surface area contributed by atoms with Crippen molar-refractivity contribution in [3.8, 4) is 5.75 Å². The highest BCUT2D eigenvalue weighted by molar-refractivity contribution is 5.93. The largest absolute Gasteiger partial charge is 0.508 e. The number of rotatable bonds is 3. The summed E-state index contributed by atoms with van der Waals surface area (Å²) >= 11 is 0. The van der Waals surface area contributed by atoms with E-state index in [4.69, 9.17) is 0 Å². The Bertz CT molecular complexity index is 631. The van der Waals surface area contributed by atoms with E-state index in [-0.39, 0.29) is 17.7 Å². The predicted molar refractivity (Wildman–Crippen MR) is 78.1 cm³/mol. The van der Waals surface area contributed by atoms with Crippen LogP contribution in [0, 0.1) is 10.8 Å². The third kappa shape index (κ3) is 1.65. The lowest BCUT2D eigenvalue weighted by Crippen LogP contribution is -2.70. The van der Waals surface area contributed by atoms with Crippen LogP contribution in [0.15, 0.2) is 24.3 Å². The van der Waals surface area contributed by atoms with Gasteiger partial charge in [0.1, 0.15) is 5.75 Å². The van der Waals surface area contributed by atoms with Gasteiger partial charge in [-0.25, -0.2) is 0 Å². The van der Waals surface area contributed by atoms with Gasteiger partial charge in [-0.2, -0.15) is 0 Å². The summed E-state index contributed by atoms with van der Waals surface area (Å²) in [6.07, 6.45) is 3.42. The number of phenols is 1. The van der Waals surface area contributed by atoms with E-state index in [1.165, 1.54) is 0 Å². The lowest BCUT2D eigenvalue weighted by Gasteiger charge is -2.67. The summed E-state index contributed by atoms with van der Waals surface area (Å²) < 4.78 is 0. The monoisotopic (exact) mass is 301 g/mol. The lowest BCUT2D eigenvalue weighted by atomic mass is 9.34. The molecule has 1 saturated heterocycles. The van der Waals surface area contributed by atoms with Gasteiger partial charge in [-0.15, -0.1) is 0 Å². The van der Waals surface area contributed by atoms with Gasteiger partial charge in [0.15, 0.2) is 0 Å². The molecule has 2 N–H and O–H groups in total. The normalized spacial score (nSPS) is 35.6. The Morgan fingerprint density at radius 1 is 1.09 bits per heavy atom. The average Bonchev–Trinajstić information content (AvgIpc) is 2.85. The number of amides is 1. The van der Waals surface area contributed by atoms with Gasteiger partial charge in [0.05, 0.1) is 16.9 Å². The molecule has 2 bridgehead atoms. The average molecular weight is 301 g/mol. The molecule has 5 rings (SSSR count). The van der Waals surface area contributed by atoms with Crippen LogP contribution < -0.4 is 0 Å². The molecule has 5 nitrogen and oxygen atoms in total. The van der Waals surface area contributed by atoms with Crippen LogP contribution in [0.4, 0.5) is 0 Å². The van der Waals surface area contributed by atoms with E-state index in [1.54, 1.807) is 12.1 Å². The molecule has 3 saturated carbocycles. The Kier molecular flexibility index (Phi) is 2.63. The molecule has 22 heavy (non-hydrogen) atoms. The van der Waals surface area contributed by atoms with Crippen molar-refractivity contribution in [3.05, 3.63) is 29.8 Å². The number of hydrogen-bond donors (Lipinski definition) is 2. The van der Waals surface area contributed by atoms with Gasteiger partial charge in [-0.3, -0.25) is 9.59 Å². The van der Waals surface area contributed by atoms with Crippen molar-refractivity contribution in [1.29, 1.82) is 0 Å². The van der Waals surface area contributed by atoms with Crippen molar-refractivity contribution in [2.75, 3.05) is 6.54 Å². The molecule has 5 heteroatoms. The van der Waals surface area contributed by atoms with E-state index in [0.29, 0.717) is 19.3 Å². The number of benzene rings is 1. The molecule has 1 aromatic carbocycles. The third-order valence-electron chi connectivity index (χ3n) is 5.73. The smallest absolute Gasteiger partial charge is 0.309 e. The highest BCUT2D eigenvalue weighted by Gasteiger charge is 2.76. The summed E-state index contributed by atoms with van der Waals surface area (Å²) in [5.41, 5.74) is 0.0320. The van der Waals surface area contributed by atoms with Gasteiger partial charge < -0.3 is 15.1 Å². The second kappa shape index (κ2) is 4.24. The molecular formula is C17H19NO4. The van der Waals surface area contributed by atoms with Crippen molar-refractivity contribution in [2.24, 2.45) is 10.8 Å². The predicted octanol–water partition coefficient (Wildman–Crippen LogP) is 2.31. The Morgan fingerprint density at radius 3 is 2.32 bits per heavy atom. The summed E-state index contributed by atoms with van der Waals surface area (Å²) in [6.45, 7) is 0.742. The van der Waals surface area contributed by atoms with Crippen molar-refractivity contribution >= 4 is 11.9 Å². The van der Waals surface area contributed by atoms with Crippen LogP contribution >= 0.6 is 0 Å². The second-order valence-electron chi connectivity index (χ2n) is 7.14. The van der Waals surface area contributed by atoms with Gasteiger partial charge in [-0.1, -0.05) is 12.1 Å². The number of carbonyl (C=O) groups excluding carboxylic acids is 1. The van der Waals surface area contributed by atoms with Crippen LogP contribution in [-0.2, 0) is 9.59 Å². The zero-order valence-corrected chi connectivity index (χ0v) is 12.3. The standard InChI is InChI=1S/C17H19NO4/c19-12-5-3-11(4-6-12)13-2-1-7-18(13)14(20)16-8-17(9-16,10-16)15(21)22/h3-6,13,19H,1-2,7-10H2,(H,21,22). The molecule has 0 aromatic heterocycles. The zero-order chi connectivity index (χ0) is 15.5. The Morgan fingerprint density at radius 2 is 1.73 bits per heavy atom. The molecule has 4 fully saturated rings. The Labute approximate surface area is 128 Å². The fourth-order valence-corrected chi connectivity index (χ4v) is 4.60. The highest BCUT2D eigenvalue weighted by Crippen LogP contribution is 2.74. The fraction of sp³-hybridized carbons (Fsp3) is 0.529. The van der Waals surface area contributed by atoms with Gasteiger partial charge in [-0.05, 0) is 49.8 Å². The first kappa shape index (κ1) is 13.6. The quantitative estimate of drug-likeness (QED) is 0.898. The third-order valence-corrected chi connectivity index (χ3v) is 5.73.